The smallest absolute Gasteiger partial charge is 0.259 e. The fourth-order valence-electron chi connectivity index (χ4n) is 3.11. The van der Waals surface area contributed by atoms with E-state index in [0.717, 1.165) is 5.56 Å². The highest BCUT2D eigenvalue weighted by molar-refractivity contribution is 6.10. The quantitative estimate of drug-likeness (QED) is 0.605. The number of carbonyl (C=O) groups excluding carboxylic acids is 2. The molecule has 0 heterocycles. The zero-order valence-corrected chi connectivity index (χ0v) is 17.5. The monoisotopic (exact) mass is 402 g/mol. The topological polar surface area (TPSA) is 58.6 Å². The second-order valence-corrected chi connectivity index (χ2v) is 7.31. The van der Waals surface area contributed by atoms with Crippen molar-refractivity contribution in [1.82, 2.24) is 4.90 Å². The van der Waals surface area contributed by atoms with Gasteiger partial charge in [-0.2, -0.15) is 0 Å². The number of carbonyl (C=O) groups is 2. The Labute approximate surface area is 177 Å². The predicted octanol–water partition coefficient (Wildman–Crippen LogP) is 5.00. The van der Waals surface area contributed by atoms with E-state index in [0.29, 0.717) is 29.1 Å². The van der Waals surface area contributed by atoms with Crippen LogP contribution in [0.4, 0.5) is 5.69 Å². The number of anilines is 1. The zero-order valence-electron chi connectivity index (χ0n) is 17.5. The van der Waals surface area contributed by atoms with Crippen LogP contribution in [0.1, 0.15) is 40.1 Å². The van der Waals surface area contributed by atoms with Crippen LogP contribution in [0, 0.1) is 0 Å². The first-order valence-corrected chi connectivity index (χ1v) is 9.91. The summed E-state index contributed by atoms with van der Waals surface area (Å²) in [6.45, 7) is 4.30. The third kappa shape index (κ3) is 5.26. The van der Waals surface area contributed by atoms with Crippen molar-refractivity contribution in [3.63, 3.8) is 0 Å². The maximum Gasteiger partial charge on any atom is 0.259 e. The van der Waals surface area contributed by atoms with Crippen LogP contribution in [0.5, 0.6) is 5.75 Å². The first kappa shape index (κ1) is 21.1. The lowest BCUT2D eigenvalue weighted by molar-refractivity contribution is 0.0786. The molecule has 0 radical (unpaired) electrons. The summed E-state index contributed by atoms with van der Waals surface area (Å²) in [7, 11) is 1.75. The number of hydrogen-bond donors (Lipinski definition) is 1. The van der Waals surface area contributed by atoms with Crippen LogP contribution in [0.25, 0.3) is 0 Å². The number of rotatable bonds is 7. The van der Waals surface area contributed by atoms with Gasteiger partial charge in [0.25, 0.3) is 11.8 Å². The van der Waals surface area contributed by atoms with Crippen LogP contribution in [0.15, 0.2) is 78.9 Å². The van der Waals surface area contributed by atoms with Crippen molar-refractivity contribution in [1.29, 1.82) is 0 Å². The minimum atomic E-state index is -0.322. The average molecular weight is 402 g/mol. The van der Waals surface area contributed by atoms with Crippen molar-refractivity contribution >= 4 is 17.5 Å². The molecule has 0 atom stereocenters. The summed E-state index contributed by atoms with van der Waals surface area (Å²) in [6, 6.07) is 23.9. The van der Waals surface area contributed by atoms with Gasteiger partial charge < -0.3 is 15.0 Å². The molecule has 5 nitrogen and oxygen atoms in total. The van der Waals surface area contributed by atoms with Crippen LogP contribution >= 0.6 is 0 Å². The molecule has 0 aliphatic rings. The van der Waals surface area contributed by atoms with E-state index in [1.165, 1.54) is 0 Å². The van der Waals surface area contributed by atoms with Crippen LogP contribution in [-0.2, 0) is 6.54 Å². The Hall–Kier alpha value is -3.60. The molecule has 0 spiro atoms. The Morgan fingerprint density at radius 1 is 0.867 bits per heavy atom. The van der Waals surface area contributed by atoms with Gasteiger partial charge in [-0.1, -0.05) is 54.6 Å². The molecule has 0 saturated heterocycles. The lowest BCUT2D eigenvalue weighted by atomic mass is 10.1. The molecule has 3 rings (SSSR count). The number of nitrogens with zero attached hydrogens (tertiary/aromatic N) is 1. The van der Waals surface area contributed by atoms with E-state index in [4.69, 9.17) is 4.74 Å². The number of benzene rings is 3. The van der Waals surface area contributed by atoms with Gasteiger partial charge in [-0.3, -0.25) is 9.59 Å². The predicted molar refractivity (Wildman–Crippen MR) is 119 cm³/mol. The average Bonchev–Trinajstić information content (AvgIpc) is 2.74. The maximum atomic E-state index is 13.1. The molecule has 30 heavy (non-hydrogen) atoms. The molecule has 0 aliphatic carbocycles. The van der Waals surface area contributed by atoms with Gasteiger partial charge in [0.2, 0.25) is 0 Å². The van der Waals surface area contributed by atoms with Crippen molar-refractivity contribution in [3.05, 3.63) is 95.6 Å². The number of ether oxygens (including phenoxy) is 1. The Kier molecular flexibility index (Phi) is 6.86. The minimum absolute atomic E-state index is 0.0561. The van der Waals surface area contributed by atoms with Crippen molar-refractivity contribution in [3.8, 4) is 5.75 Å². The molecule has 3 aromatic carbocycles. The third-order valence-electron chi connectivity index (χ3n) is 4.51. The van der Waals surface area contributed by atoms with E-state index in [1.54, 1.807) is 54.4 Å². The zero-order chi connectivity index (χ0) is 21.5. The molecular formula is C25H26N2O3. The van der Waals surface area contributed by atoms with Gasteiger partial charge in [-0.25, -0.2) is 0 Å². The number of para-hydroxylation sites is 2. The molecule has 154 valence electrons. The Balaban J connectivity index is 1.80. The third-order valence-corrected chi connectivity index (χ3v) is 4.51. The van der Waals surface area contributed by atoms with Gasteiger partial charge in [0, 0.05) is 13.6 Å². The molecular weight excluding hydrogens is 376 g/mol. The van der Waals surface area contributed by atoms with Gasteiger partial charge >= 0.3 is 0 Å². The van der Waals surface area contributed by atoms with Gasteiger partial charge in [0.05, 0.1) is 22.9 Å². The van der Waals surface area contributed by atoms with Crippen molar-refractivity contribution in [2.45, 2.75) is 26.5 Å². The fraction of sp³-hybridized carbons (Fsp3) is 0.200. The van der Waals surface area contributed by atoms with Gasteiger partial charge in [-0.15, -0.1) is 0 Å². The summed E-state index contributed by atoms with van der Waals surface area (Å²) in [6.07, 6.45) is -0.0561. The Morgan fingerprint density at radius 3 is 2.17 bits per heavy atom. The van der Waals surface area contributed by atoms with Crippen LogP contribution < -0.4 is 10.1 Å². The summed E-state index contributed by atoms with van der Waals surface area (Å²) in [5.41, 5.74) is 2.36. The van der Waals surface area contributed by atoms with E-state index in [1.807, 2.05) is 50.2 Å². The number of amides is 2. The molecule has 0 unspecified atom stereocenters. The van der Waals surface area contributed by atoms with Crippen LogP contribution in [0.2, 0.25) is 0 Å². The minimum Gasteiger partial charge on any atom is -0.490 e. The van der Waals surface area contributed by atoms with Crippen molar-refractivity contribution < 1.29 is 14.3 Å². The van der Waals surface area contributed by atoms with Gasteiger partial charge in [0.15, 0.2) is 0 Å². The normalized spacial score (nSPS) is 10.5. The summed E-state index contributed by atoms with van der Waals surface area (Å²) < 4.78 is 5.75. The largest absolute Gasteiger partial charge is 0.490 e. The van der Waals surface area contributed by atoms with Crippen LogP contribution in [-0.4, -0.2) is 29.9 Å². The number of nitrogens with one attached hydrogen (secondary N) is 1. The molecule has 0 bridgehead atoms. The van der Waals surface area contributed by atoms with Gasteiger partial charge in [-0.05, 0) is 43.7 Å². The standard InChI is InChI=1S/C25H26N2O3/c1-18(2)30-23-16-10-8-14-21(23)24(28)26-22-15-9-7-13-20(22)25(29)27(3)17-19-11-5-4-6-12-19/h4-16,18H,17H2,1-3H3,(H,26,28). The van der Waals surface area contributed by atoms with E-state index in [2.05, 4.69) is 5.32 Å². The number of hydrogen-bond acceptors (Lipinski definition) is 3. The lowest BCUT2D eigenvalue weighted by Gasteiger charge is -2.20. The van der Waals surface area contributed by atoms with E-state index >= 15 is 0 Å². The Bertz CT molecular complexity index is 1020. The van der Waals surface area contributed by atoms with E-state index < -0.39 is 0 Å². The SMILES string of the molecule is CC(C)Oc1ccccc1C(=O)Nc1ccccc1C(=O)N(C)Cc1ccccc1. The molecule has 3 aromatic rings. The van der Waals surface area contributed by atoms with E-state index in [-0.39, 0.29) is 17.9 Å². The van der Waals surface area contributed by atoms with Gasteiger partial charge in [0.1, 0.15) is 5.75 Å². The molecule has 5 heteroatoms. The maximum absolute atomic E-state index is 13.1. The lowest BCUT2D eigenvalue weighted by Crippen LogP contribution is -2.27. The van der Waals surface area contributed by atoms with E-state index in [9.17, 15) is 9.59 Å². The Morgan fingerprint density at radius 2 is 1.47 bits per heavy atom. The molecule has 0 aliphatic heterocycles. The molecule has 0 saturated carbocycles. The summed E-state index contributed by atoms with van der Waals surface area (Å²) >= 11 is 0. The molecule has 0 aromatic heterocycles. The fourth-order valence-corrected chi connectivity index (χ4v) is 3.11. The van der Waals surface area contributed by atoms with Crippen LogP contribution in [0.3, 0.4) is 0 Å². The highest BCUT2D eigenvalue weighted by atomic mass is 16.5. The molecule has 1 N–H and O–H groups in total. The molecule has 2 amide bonds. The van der Waals surface area contributed by atoms with Crippen molar-refractivity contribution in [2.75, 3.05) is 12.4 Å². The summed E-state index contributed by atoms with van der Waals surface area (Å²) in [5, 5.41) is 2.87. The highest BCUT2D eigenvalue weighted by Crippen LogP contribution is 2.23. The summed E-state index contributed by atoms with van der Waals surface area (Å²) in [4.78, 5) is 27.6. The first-order valence-electron chi connectivity index (χ1n) is 9.91. The first-order chi connectivity index (χ1) is 14.5. The second-order valence-electron chi connectivity index (χ2n) is 7.31. The molecule has 0 fully saturated rings. The highest BCUT2D eigenvalue weighted by Gasteiger charge is 2.19. The summed E-state index contributed by atoms with van der Waals surface area (Å²) in [5.74, 6) is 0.0219. The second kappa shape index (κ2) is 9.74. The van der Waals surface area contributed by atoms with Crippen molar-refractivity contribution in [2.24, 2.45) is 0 Å².